The Morgan fingerprint density at radius 2 is 1.39 bits per heavy atom. The predicted molar refractivity (Wildman–Crippen MR) is 143 cm³/mol. The first kappa shape index (κ1) is 22.2. The van der Waals surface area contributed by atoms with Crippen LogP contribution in [-0.4, -0.2) is 23.5 Å². The molecule has 6 heteroatoms. The lowest BCUT2D eigenvalue weighted by molar-refractivity contribution is -0.120. The number of benzene rings is 4. The molecular weight excluding hydrogens is 468 g/mol. The number of hydrogen-bond acceptors (Lipinski definition) is 5. The molecule has 0 atom stereocenters. The quantitative estimate of drug-likeness (QED) is 0.267. The van der Waals surface area contributed by atoms with Crippen LogP contribution >= 0.6 is 11.3 Å². The number of ether oxygens (including phenoxy) is 1. The molecule has 176 valence electrons. The highest BCUT2D eigenvalue weighted by molar-refractivity contribution is 7.21. The number of amides is 1. The van der Waals surface area contributed by atoms with Crippen molar-refractivity contribution >= 4 is 44.8 Å². The van der Waals surface area contributed by atoms with E-state index in [9.17, 15) is 9.59 Å². The maximum absolute atomic E-state index is 13.5. The first-order chi connectivity index (χ1) is 17.7. The van der Waals surface area contributed by atoms with Crippen LogP contribution in [0, 0.1) is 0 Å². The Kier molecular flexibility index (Phi) is 5.79. The Labute approximate surface area is 212 Å². The van der Waals surface area contributed by atoms with Crippen molar-refractivity contribution in [1.82, 2.24) is 4.98 Å². The fourth-order valence-corrected chi connectivity index (χ4v) is 5.66. The zero-order valence-corrected chi connectivity index (χ0v) is 20.2. The van der Waals surface area contributed by atoms with Crippen molar-refractivity contribution in [2.24, 2.45) is 0 Å². The monoisotopic (exact) mass is 490 g/mol. The number of para-hydroxylation sites is 3. The molecule has 6 rings (SSSR count). The third kappa shape index (κ3) is 4.06. The van der Waals surface area contributed by atoms with Gasteiger partial charge >= 0.3 is 5.97 Å². The second-order valence-electron chi connectivity index (χ2n) is 8.60. The molecule has 0 unspecified atom stereocenters. The lowest BCUT2D eigenvalue weighted by Crippen LogP contribution is -2.31. The fraction of sp³-hybridized carbons (Fsp3) is 0.100. The van der Waals surface area contributed by atoms with E-state index in [1.807, 2.05) is 84.9 Å². The van der Waals surface area contributed by atoms with Crippen molar-refractivity contribution in [3.8, 4) is 10.6 Å². The largest absolute Gasteiger partial charge is 0.452 e. The van der Waals surface area contributed by atoms with E-state index in [0.717, 1.165) is 50.6 Å². The average molecular weight is 491 g/mol. The molecule has 0 bridgehead atoms. The van der Waals surface area contributed by atoms with E-state index in [2.05, 4.69) is 0 Å². The van der Waals surface area contributed by atoms with E-state index in [-0.39, 0.29) is 12.5 Å². The van der Waals surface area contributed by atoms with Crippen LogP contribution in [0.2, 0.25) is 0 Å². The van der Waals surface area contributed by atoms with Crippen LogP contribution in [0.25, 0.3) is 20.8 Å². The summed E-state index contributed by atoms with van der Waals surface area (Å²) in [6.45, 7) is -0.365. The van der Waals surface area contributed by atoms with E-state index in [1.165, 1.54) is 11.3 Å². The van der Waals surface area contributed by atoms with E-state index in [0.29, 0.717) is 11.1 Å². The highest BCUT2D eigenvalue weighted by atomic mass is 32.1. The third-order valence-electron chi connectivity index (χ3n) is 6.38. The molecule has 2 heterocycles. The van der Waals surface area contributed by atoms with Crippen LogP contribution in [0.15, 0.2) is 97.1 Å². The predicted octanol–water partition coefficient (Wildman–Crippen LogP) is 6.58. The molecule has 0 radical (unpaired) electrons. The minimum atomic E-state index is -0.547. The van der Waals surface area contributed by atoms with Crippen molar-refractivity contribution in [2.75, 3.05) is 11.5 Å². The van der Waals surface area contributed by atoms with Gasteiger partial charge in [0.1, 0.15) is 5.01 Å². The summed E-state index contributed by atoms with van der Waals surface area (Å²) in [4.78, 5) is 33.1. The normalized spacial score (nSPS) is 12.5. The summed E-state index contributed by atoms with van der Waals surface area (Å²) in [5.41, 5.74) is 5.82. The second-order valence-corrected chi connectivity index (χ2v) is 9.63. The Bertz CT molecular complexity index is 1530. The van der Waals surface area contributed by atoms with Crippen LogP contribution in [0.3, 0.4) is 0 Å². The van der Waals surface area contributed by atoms with E-state index in [1.54, 1.807) is 17.0 Å². The summed E-state index contributed by atoms with van der Waals surface area (Å²) >= 11 is 1.52. The van der Waals surface area contributed by atoms with Gasteiger partial charge in [-0.05, 0) is 54.3 Å². The Balaban J connectivity index is 1.28. The molecule has 1 aromatic heterocycles. The van der Waals surface area contributed by atoms with Gasteiger partial charge in [-0.15, -0.1) is 11.3 Å². The SMILES string of the molecule is O=C(OCC(=O)N1c2ccccc2CCc2ccccc21)c1ccccc1-c1nc2ccccc2s1. The maximum atomic E-state index is 13.5. The van der Waals surface area contributed by atoms with Gasteiger partial charge in [0.2, 0.25) is 0 Å². The number of nitrogens with zero attached hydrogens (tertiary/aromatic N) is 2. The van der Waals surface area contributed by atoms with Gasteiger partial charge in [-0.25, -0.2) is 9.78 Å². The molecule has 0 fully saturated rings. The molecule has 5 aromatic rings. The van der Waals surface area contributed by atoms with E-state index in [4.69, 9.17) is 9.72 Å². The molecule has 0 saturated carbocycles. The number of rotatable bonds is 4. The topological polar surface area (TPSA) is 59.5 Å². The summed E-state index contributed by atoms with van der Waals surface area (Å²) in [6, 6.07) is 30.9. The molecule has 1 aliphatic heterocycles. The molecule has 36 heavy (non-hydrogen) atoms. The molecule has 5 nitrogen and oxygen atoms in total. The standard InChI is InChI=1S/C30H22N2O3S/c33-28(32-25-14-6-1-9-20(25)17-18-21-10-2-7-15-26(21)32)19-35-30(34)23-12-4-3-11-22(23)29-31-24-13-5-8-16-27(24)36-29/h1-16H,17-19H2. The zero-order valence-electron chi connectivity index (χ0n) is 19.4. The first-order valence-electron chi connectivity index (χ1n) is 11.8. The summed E-state index contributed by atoms with van der Waals surface area (Å²) in [5.74, 6) is -0.836. The van der Waals surface area contributed by atoms with Crippen LogP contribution in [0.5, 0.6) is 0 Å². The van der Waals surface area contributed by atoms with Crippen molar-refractivity contribution < 1.29 is 14.3 Å². The van der Waals surface area contributed by atoms with Crippen LogP contribution < -0.4 is 4.90 Å². The van der Waals surface area contributed by atoms with Crippen molar-refractivity contribution in [2.45, 2.75) is 12.8 Å². The number of thiazole rings is 1. The van der Waals surface area contributed by atoms with Gasteiger partial charge in [0.25, 0.3) is 5.91 Å². The molecule has 0 aliphatic carbocycles. The molecule has 1 aliphatic rings. The number of carbonyl (C=O) groups excluding carboxylic acids is 2. The minimum absolute atomic E-state index is 0.289. The highest BCUT2D eigenvalue weighted by Crippen LogP contribution is 2.36. The van der Waals surface area contributed by atoms with Gasteiger partial charge in [0, 0.05) is 5.56 Å². The van der Waals surface area contributed by atoms with Gasteiger partial charge in [-0.2, -0.15) is 0 Å². The number of carbonyl (C=O) groups is 2. The Morgan fingerprint density at radius 1 is 0.778 bits per heavy atom. The van der Waals surface area contributed by atoms with E-state index >= 15 is 0 Å². The van der Waals surface area contributed by atoms with Gasteiger partial charge in [0.05, 0.1) is 27.2 Å². The van der Waals surface area contributed by atoms with Crippen LogP contribution in [-0.2, 0) is 22.4 Å². The number of aromatic nitrogens is 1. The molecule has 0 spiro atoms. The summed E-state index contributed by atoms with van der Waals surface area (Å²) in [5, 5.41) is 0.741. The fourth-order valence-electron chi connectivity index (χ4n) is 4.65. The van der Waals surface area contributed by atoms with Gasteiger partial charge in [-0.1, -0.05) is 66.7 Å². The lowest BCUT2D eigenvalue weighted by atomic mass is 10.0. The number of esters is 1. The number of fused-ring (bicyclic) bond motifs is 3. The Morgan fingerprint density at radius 3 is 2.11 bits per heavy atom. The van der Waals surface area contributed by atoms with Crippen LogP contribution in [0.4, 0.5) is 11.4 Å². The van der Waals surface area contributed by atoms with Crippen molar-refractivity contribution in [3.63, 3.8) is 0 Å². The molecular formula is C30H22N2O3S. The maximum Gasteiger partial charge on any atom is 0.339 e. The van der Waals surface area contributed by atoms with Gasteiger partial charge < -0.3 is 4.74 Å². The summed E-state index contributed by atoms with van der Waals surface area (Å²) in [7, 11) is 0. The zero-order chi connectivity index (χ0) is 24.5. The van der Waals surface area contributed by atoms with Crippen molar-refractivity contribution in [3.05, 3.63) is 114 Å². The molecule has 0 saturated heterocycles. The number of anilines is 2. The average Bonchev–Trinajstić information content (AvgIpc) is 3.28. The highest BCUT2D eigenvalue weighted by Gasteiger charge is 2.27. The molecule has 1 amide bonds. The summed E-state index contributed by atoms with van der Waals surface area (Å²) in [6.07, 6.45) is 1.68. The smallest absolute Gasteiger partial charge is 0.339 e. The number of aryl methyl sites for hydroxylation is 2. The third-order valence-corrected chi connectivity index (χ3v) is 7.45. The lowest BCUT2D eigenvalue weighted by Gasteiger charge is -2.24. The van der Waals surface area contributed by atoms with Gasteiger partial charge in [-0.3, -0.25) is 9.69 Å². The minimum Gasteiger partial charge on any atom is -0.452 e. The first-order valence-corrected chi connectivity index (χ1v) is 12.6. The molecule has 4 aromatic carbocycles. The number of hydrogen-bond donors (Lipinski definition) is 0. The second kappa shape index (κ2) is 9.40. The Hall–Kier alpha value is -4.29. The van der Waals surface area contributed by atoms with Gasteiger partial charge in [0.15, 0.2) is 6.61 Å². The summed E-state index contributed by atoms with van der Waals surface area (Å²) < 4.78 is 6.64. The van der Waals surface area contributed by atoms with Crippen molar-refractivity contribution in [1.29, 1.82) is 0 Å². The van der Waals surface area contributed by atoms with Crippen LogP contribution in [0.1, 0.15) is 21.5 Å². The van der Waals surface area contributed by atoms with E-state index < -0.39 is 5.97 Å². The molecule has 0 N–H and O–H groups in total.